The summed E-state index contributed by atoms with van der Waals surface area (Å²) >= 11 is 3.42. The van der Waals surface area contributed by atoms with Gasteiger partial charge in [-0.2, -0.15) is 0 Å². The van der Waals surface area contributed by atoms with Crippen LogP contribution in [0.25, 0.3) is 22.2 Å². The number of hydrogen-bond donors (Lipinski definition) is 1. The number of aryl methyl sites for hydroxylation is 1. The summed E-state index contributed by atoms with van der Waals surface area (Å²) in [4.78, 5) is 22.0. The van der Waals surface area contributed by atoms with Crippen molar-refractivity contribution in [2.75, 3.05) is 5.32 Å². The number of pyridine rings is 2. The number of carbonyl (C=O) groups excluding carboxylic acids is 1. The maximum absolute atomic E-state index is 13.0. The van der Waals surface area contributed by atoms with Gasteiger partial charge in [-0.25, -0.2) is 9.97 Å². The highest BCUT2D eigenvalue weighted by atomic mass is 79.9. The van der Waals surface area contributed by atoms with Crippen LogP contribution in [0.3, 0.4) is 0 Å². The molecule has 0 radical (unpaired) electrons. The molecule has 2 aromatic carbocycles. The van der Waals surface area contributed by atoms with E-state index in [1.807, 2.05) is 73.7 Å². The normalized spacial score (nSPS) is 10.7. The van der Waals surface area contributed by atoms with E-state index in [1.54, 1.807) is 6.20 Å². The number of halogens is 1. The first-order chi connectivity index (χ1) is 13.1. The average Bonchev–Trinajstić information content (AvgIpc) is 2.70. The Bertz CT molecular complexity index is 1140. The molecule has 4 aromatic rings. The van der Waals surface area contributed by atoms with Crippen LogP contribution in [0.2, 0.25) is 0 Å². The first-order valence-corrected chi connectivity index (χ1v) is 9.30. The molecule has 132 valence electrons. The smallest absolute Gasteiger partial charge is 0.257 e. The Kier molecular flexibility index (Phi) is 4.69. The molecule has 0 bridgehead atoms. The molecule has 2 aromatic heterocycles. The lowest BCUT2D eigenvalue weighted by atomic mass is 10.0. The molecule has 1 amide bonds. The minimum absolute atomic E-state index is 0.208. The number of para-hydroxylation sites is 1. The van der Waals surface area contributed by atoms with E-state index in [9.17, 15) is 4.79 Å². The summed E-state index contributed by atoms with van der Waals surface area (Å²) in [6.45, 7) is 1.96. The first-order valence-electron chi connectivity index (χ1n) is 8.50. The van der Waals surface area contributed by atoms with Gasteiger partial charge in [0.25, 0.3) is 5.91 Å². The molecule has 0 aliphatic heterocycles. The molecule has 0 aliphatic carbocycles. The van der Waals surface area contributed by atoms with Crippen molar-refractivity contribution in [3.05, 3.63) is 88.5 Å². The highest BCUT2D eigenvalue weighted by molar-refractivity contribution is 9.10. The summed E-state index contributed by atoms with van der Waals surface area (Å²) in [6.07, 6.45) is 1.69. The van der Waals surface area contributed by atoms with Crippen molar-refractivity contribution in [1.29, 1.82) is 0 Å². The molecular formula is C22H16BrN3O. The van der Waals surface area contributed by atoms with E-state index in [4.69, 9.17) is 4.98 Å². The minimum Gasteiger partial charge on any atom is -0.307 e. The topological polar surface area (TPSA) is 54.9 Å². The van der Waals surface area contributed by atoms with Gasteiger partial charge in [0.15, 0.2) is 0 Å². The average molecular weight is 418 g/mol. The van der Waals surface area contributed by atoms with Crippen LogP contribution in [-0.4, -0.2) is 15.9 Å². The number of anilines is 1. The van der Waals surface area contributed by atoms with Gasteiger partial charge < -0.3 is 5.32 Å². The highest BCUT2D eigenvalue weighted by Crippen LogP contribution is 2.26. The molecule has 1 N–H and O–H groups in total. The van der Waals surface area contributed by atoms with Gasteiger partial charge in [0.2, 0.25) is 0 Å². The largest absolute Gasteiger partial charge is 0.307 e. The number of hydrogen-bond acceptors (Lipinski definition) is 3. The van der Waals surface area contributed by atoms with Crippen molar-refractivity contribution in [2.45, 2.75) is 6.92 Å². The Morgan fingerprint density at radius 3 is 2.52 bits per heavy atom. The van der Waals surface area contributed by atoms with E-state index in [1.165, 1.54) is 0 Å². The summed E-state index contributed by atoms with van der Waals surface area (Å²) in [5, 5.41) is 3.71. The Morgan fingerprint density at radius 2 is 1.74 bits per heavy atom. The molecule has 0 fully saturated rings. The standard InChI is InChI=1S/C22H16BrN3O/c1-14-11-21(24-13-18(14)23)26-22(27)17-12-20(15-7-3-2-4-8-15)25-19-10-6-5-9-16(17)19/h2-13H,1H3,(H,24,26,27). The lowest BCUT2D eigenvalue weighted by Crippen LogP contribution is -2.14. The Balaban J connectivity index is 1.79. The summed E-state index contributed by atoms with van der Waals surface area (Å²) in [7, 11) is 0. The zero-order chi connectivity index (χ0) is 18.8. The third kappa shape index (κ3) is 3.59. The predicted molar refractivity (Wildman–Crippen MR) is 112 cm³/mol. The van der Waals surface area contributed by atoms with Crippen molar-refractivity contribution >= 4 is 38.6 Å². The maximum Gasteiger partial charge on any atom is 0.257 e. The van der Waals surface area contributed by atoms with Crippen LogP contribution in [0.1, 0.15) is 15.9 Å². The zero-order valence-corrected chi connectivity index (χ0v) is 16.2. The molecular weight excluding hydrogens is 402 g/mol. The number of nitrogens with one attached hydrogen (secondary N) is 1. The van der Waals surface area contributed by atoms with E-state index in [2.05, 4.69) is 26.2 Å². The van der Waals surface area contributed by atoms with Gasteiger partial charge in [0.1, 0.15) is 5.82 Å². The SMILES string of the molecule is Cc1cc(NC(=O)c2cc(-c3ccccc3)nc3ccccc23)ncc1Br. The summed E-state index contributed by atoms with van der Waals surface area (Å²) in [5.41, 5.74) is 4.09. The molecule has 4 rings (SSSR count). The summed E-state index contributed by atoms with van der Waals surface area (Å²) in [6, 6.07) is 21.2. The molecule has 4 nitrogen and oxygen atoms in total. The molecule has 0 atom stereocenters. The predicted octanol–water partition coefficient (Wildman–Crippen LogP) is 5.62. The monoisotopic (exact) mass is 417 g/mol. The van der Waals surface area contributed by atoms with Crippen molar-refractivity contribution in [2.24, 2.45) is 0 Å². The number of fused-ring (bicyclic) bond motifs is 1. The van der Waals surface area contributed by atoms with Crippen molar-refractivity contribution in [3.8, 4) is 11.3 Å². The fourth-order valence-corrected chi connectivity index (χ4v) is 3.13. The van der Waals surface area contributed by atoms with Crippen molar-refractivity contribution < 1.29 is 4.79 Å². The van der Waals surface area contributed by atoms with Crippen LogP contribution in [0.15, 0.2) is 77.4 Å². The molecule has 0 saturated carbocycles. The Hall–Kier alpha value is -3.05. The zero-order valence-electron chi connectivity index (χ0n) is 14.6. The quantitative estimate of drug-likeness (QED) is 0.470. The summed E-state index contributed by atoms with van der Waals surface area (Å²) < 4.78 is 0.904. The second-order valence-electron chi connectivity index (χ2n) is 6.21. The molecule has 0 unspecified atom stereocenters. The van der Waals surface area contributed by atoms with Gasteiger partial charge in [-0.15, -0.1) is 0 Å². The van der Waals surface area contributed by atoms with Crippen LogP contribution in [0.5, 0.6) is 0 Å². The van der Waals surface area contributed by atoms with E-state index in [-0.39, 0.29) is 5.91 Å². The number of benzene rings is 2. The number of amides is 1. The van der Waals surface area contributed by atoms with Crippen molar-refractivity contribution in [1.82, 2.24) is 9.97 Å². The highest BCUT2D eigenvalue weighted by Gasteiger charge is 2.15. The van der Waals surface area contributed by atoms with Crippen LogP contribution < -0.4 is 5.32 Å². The Morgan fingerprint density at radius 1 is 1.00 bits per heavy atom. The fraction of sp³-hybridized carbons (Fsp3) is 0.0455. The maximum atomic E-state index is 13.0. The van der Waals surface area contributed by atoms with E-state index >= 15 is 0 Å². The van der Waals surface area contributed by atoms with Crippen LogP contribution >= 0.6 is 15.9 Å². The number of rotatable bonds is 3. The lowest BCUT2D eigenvalue weighted by molar-refractivity contribution is 0.102. The number of aromatic nitrogens is 2. The van der Waals surface area contributed by atoms with Gasteiger partial charge in [0, 0.05) is 21.6 Å². The van der Waals surface area contributed by atoms with E-state index in [0.29, 0.717) is 11.4 Å². The molecule has 5 heteroatoms. The lowest BCUT2D eigenvalue weighted by Gasteiger charge is -2.11. The Labute approximate surface area is 165 Å². The fourth-order valence-electron chi connectivity index (χ4n) is 2.91. The van der Waals surface area contributed by atoms with Gasteiger partial charge in [-0.05, 0) is 46.6 Å². The molecule has 0 saturated heterocycles. The number of carbonyl (C=O) groups is 1. The summed E-state index contributed by atoms with van der Waals surface area (Å²) in [5.74, 6) is 0.308. The van der Waals surface area contributed by atoms with Gasteiger partial charge in [0.05, 0.1) is 16.8 Å². The molecule has 27 heavy (non-hydrogen) atoms. The second-order valence-corrected chi connectivity index (χ2v) is 7.07. The third-order valence-electron chi connectivity index (χ3n) is 4.32. The third-order valence-corrected chi connectivity index (χ3v) is 5.15. The molecule has 2 heterocycles. The minimum atomic E-state index is -0.208. The second kappa shape index (κ2) is 7.29. The van der Waals surface area contributed by atoms with Gasteiger partial charge in [-0.3, -0.25) is 4.79 Å². The van der Waals surface area contributed by atoms with Crippen LogP contribution in [0, 0.1) is 6.92 Å². The van der Waals surface area contributed by atoms with E-state index < -0.39 is 0 Å². The van der Waals surface area contributed by atoms with Crippen LogP contribution in [-0.2, 0) is 0 Å². The van der Waals surface area contributed by atoms with Gasteiger partial charge in [-0.1, -0.05) is 48.5 Å². The van der Waals surface area contributed by atoms with E-state index in [0.717, 1.165) is 32.2 Å². The molecule has 0 spiro atoms. The number of nitrogens with zero attached hydrogens (tertiary/aromatic N) is 2. The van der Waals surface area contributed by atoms with Gasteiger partial charge >= 0.3 is 0 Å². The first kappa shape index (κ1) is 17.4. The molecule has 0 aliphatic rings. The van der Waals surface area contributed by atoms with Crippen molar-refractivity contribution in [3.63, 3.8) is 0 Å². The van der Waals surface area contributed by atoms with Crippen LogP contribution in [0.4, 0.5) is 5.82 Å².